The molecule has 5 unspecified atom stereocenters. The van der Waals surface area contributed by atoms with Crippen LogP contribution in [-0.4, -0.2) is 87.3 Å². The lowest BCUT2D eigenvalue weighted by Crippen LogP contribution is -2.57. The number of nitrogens with one attached hydrogen (secondary N) is 3. The van der Waals surface area contributed by atoms with Gasteiger partial charge in [0.25, 0.3) is 0 Å². The zero-order valence-electron chi connectivity index (χ0n) is 16.4. The largest absolute Gasteiger partial charge is 0.481 e. The summed E-state index contributed by atoms with van der Waals surface area (Å²) in [5.74, 6) is -4.92. The summed E-state index contributed by atoms with van der Waals surface area (Å²) in [6, 6.07) is -5.27. The molecule has 0 aliphatic carbocycles. The predicted molar refractivity (Wildman–Crippen MR) is 104 cm³/mol. The number of aliphatic carboxylic acids is 2. The van der Waals surface area contributed by atoms with E-state index in [0.29, 0.717) is 5.75 Å². The summed E-state index contributed by atoms with van der Waals surface area (Å²) in [7, 11) is 0. The van der Waals surface area contributed by atoms with Crippen molar-refractivity contribution in [1.82, 2.24) is 16.0 Å². The average Bonchev–Trinajstić information content (AvgIpc) is 2.62. The Morgan fingerprint density at radius 2 is 1.48 bits per heavy atom. The van der Waals surface area contributed by atoms with E-state index < -0.39 is 66.4 Å². The van der Waals surface area contributed by atoms with E-state index in [4.69, 9.17) is 10.8 Å². The normalized spacial score (nSPS) is 15.9. The highest BCUT2D eigenvalue weighted by Gasteiger charge is 2.30. The van der Waals surface area contributed by atoms with Crippen molar-refractivity contribution in [2.45, 2.75) is 57.0 Å². The number of carboxylic acid groups (broad SMARTS) is 2. The summed E-state index contributed by atoms with van der Waals surface area (Å²) in [5.41, 5.74) is 5.45. The highest BCUT2D eigenvalue weighted by Crippen LogP contribution is 2.03. The molecule has 0 aromatic heterocycles. The minimum atomic E-state index is -1.55. The highest BCUT2D eigenvalue weighted by molar-refractivity contribution is 7.98. The second kappa shape index (κ2) is 13.0. The topological polar surface area (TPSA) is 208 Å². The number of hydrogen-bond donors (Lipinski definition) is 7. The van der Waals surface area contributed by atoms with Gasteiger partial charge in [0.15, 0.2) is 0 Å². The SMILES string of the molecule is CSCCC(NC(=O)C(CC(=O)O)NC(=O)C(C)NC(=O)C(N)C(C)O)C(=O)O. The fourth-order valence-corrected chi connectivity index (χ4v) is 2.51. The van der Waals surface area contributed by atoms with Gasteiger partial charge in [0, 0.05) is 0 Å². The van der Waals surface area contributed by atoms with Crippen LogP contribution in [0.15, 0.2) is 0 Å². The van der Waals surface area contributed by atoms with Gasteiger partial charge in [-0.05, 0) is 32.3 Å². The first-order valence-corrected chi connectivity index (χ1v) is 10.1. The van der Waals surface area contributed by atoms with Crippen molar-refractivity contribution in [2.75, 3.05) is 12.0 Å². The van der Waals surface area contributed by atoms with Gasteiger partial charge >= 0.3 is 11.9 Å². The number of carboxylic acids is 2. The molecule has 0 bridgehead atoms. The van der Waals surface area contributed by atoms with E-state index in [9.17, 15) is 34.2 Å². The van der Waals surface area contributed by atoms with E-state index in [2.05, 4.69) is 16.0 Å². The van der Waals surface area contributed by atoms with Gasteiger partial charge in [0.1, 0.15) is 24.2 Å². The van der Waals surface area contributed by atoms with Gasteiger partial charge in [-0.25, -0.2) is 4.79 Å². The molecule has 166 valence electrons. The van der Waals surface area contributed by atoms with Crippen molar-refractivity contribution in [1.29, 1.82) is 0 Å². The van der Waals surface area contributed by atoms with Gasteiger partial charge in [0.2, 0.25) is 17.7 Å². The number of aliphatic hydroxyl groups excluding tert-OH is 1. The number of thioether (sulfide) groups is 1. The van der Waals surface area contributed by atoms with Crippen molar-refractivity contribution in [3.05, 3.63) is 0 Å². The Morgan fingerprint density at radius 3 is 1.93 bits per heavy atom. The molecule has 3 amide bonds. The fraction of sp³-hybridized carbons (Fsp3) is 0.688. The highest BCUT2D eigenvalue weighted by atomic mass is 32.2. The summed E-state index contributed by atoms with van der Waals surface area (Å²) in [6.07, 6.45) is -0.0854. The maximum atomic E-state index is 12.3. The van der Waals surface area contributed by atoms with Crippen molar-refractivity contribution in [3.8, 4) is 0 Å². The molecule has 0 rings (SSSR count). The van der Waals surface area contributed by atoms with Crippen LogP contribution >= 0.6 is 11.8 Å². The zero-order valence-corrected chi connectivity index (χ0v) is 17.2. The minimum Gasteiger partial charge on any atom is -0.481 e. The molecule has 0 aromatic rings. The van der Waals surface area contributed by atoms with E-state index >= 15 is 0 Å². The maximum absolute atomic E-state index is 12.3. The third kappa shape index (κ3) is 10.1. The molecule has 0 radical (unpaired) electrons. The Balaban J connectivity index is 5.10. The van der Waals surface area contributed by atoms with Crippen LogP contribution in [0, 0.1) is 0 Å². The van der Waals surface area contributed by atoms with Crippen LogP contribution in [0.1, 0.15) is 26.7 Å². The number of rotatable bonds is 13. The van der Waals surface area contributed by atoms with Gasteiger partial charge < -0.3 is 37.0 Å². The first kappa shape index (κ1) is 26.6. The Hall–Kier alpha value is -2.38. The quantitative estimate of drug-likeness (QED) is 0.161. The Labute approximate surface area is 172 Å². The molecule has 0 fully saturated rings. The van der Waals surface area contributed by atoms with Gasteiger partial charge in [-0.15, -0.1) is 0 Å². The Morgan fingerprint density at radius 1 is 0.931 bits per heavy atom. The third-order valence-corrected chi connectivity index (χ3v) is 4.46. The standard InChI is InChI=1S/C16H28N4O8S/c1-7(18-15(26)12(17)8(2)21)13(24)20-10(6-11(22)23)14(25)19-9(16(27)28)4-5-29-3/h7-10,12,21H,4-6,17H2,1-3H3,(H,18,26)(H,19,25)(H,20,24)(H,22,23)(H,27,28). The number of carbonyl (C=O) groups is 5. The molecule has 0 saturated heterocycles. The number of hydrogen-bond acceptors (Lipinski definition) is 8. The molecule has 0 heterocycles. The fourth-order valence-electron chi connectivity index (χ4n) is 2.04. The molecule has 0 aliphatic heterocycles. The second-order valence-electron chi connectivity index (χ2n) is 6.34. The van der Waals surface area contributed by atoms with Gasteiger partial charge in [0.05, 0.1) is 12.5 Å². The van der Waals surface area contributed by atoms with E-state index in [0.717, 1.165) is 0 Å². The van der Waals surface area contributed by atoms with Gasteiger partial charge in [-0.2, -0.15) is 11.8 Å². The summed E-state index contributed by atoms with van der Waals surface area (Å²) >= 11 is 1.37. The number of amides is 3. The second-order valence-corrected chi connectivity index (χ2v) is 7.32. The van der Waals surface area contributed by atoms with Crippen LogP contribution < -0.4 is 21.7 Å². The van der Waals surface area contributed by atoms with Crippen molar-refractivity contribution < 1.29 is 39.3 Å². The van der Waals surface area contributed by atoms with Crippen LogP contribution in [0.5, 0.6) is 0 Å². The van der Waals surface area contributed by atoms with Crippen molar-refractivity contribution in [2.24, 2.45) is 5.73 Å². The number of aliphatic hydroxyl groups is 1. The molecular weight excluding hydrogens is 408 g/mol. The summed E-state index contributed by atoms with van der Waals surface area (Å²) in [4.78, 5) is 58.7. The molecule has 12 nitrogen and oxygen atoms in total. The molecule has 0 aromatic carbocycles. The number of nitrogens with two attached hydrogens (primary N) is 1. The van der Waals surface area contributed by atoms with Gasteiger partial charge in [-0.3, -0.25) is 19.2 Å². The maximum Gasteiger partial charge on any atom is 0.326 e. The van der Waals surface area contributed by atoms with E-state index in [-0.39, 0.29) is 6.42 Å². The van der Waals surface area contributed by atoms with Crippen LogP contribution in [0.3, 0.4) is 0 Å². The molecular formula is C16H28N4O8S. The first-order valence-electron chi connectivity index (χ1n) is 8.69. The van der Waals surface area contributed by atoms with E-state index in [1.807, 2.05) is 0 Å². The Bertz CT molecular complexity index is 616. The molecule has 0 spiro atoms. The average molecular weight is 436 g/mol. The van der Waals surface area contributed by atoms with Gasteiger partial charge in [-0.1, -0.05) is 0 Å². The lowest BCUT2D eigenvalue weighted by atomic mass is 10.1. The summed E-state index contributed by atoms with van der Waals surface area (Å²) in [6.45, 7) is 2.56. The van der Waals surface area contributed by atoms with Crippen LogP contribution in [0.4, 0.5) is 0 Å². The third-order valence-electron chi connectivity index (χ3n) is 3.81. The Kier molecular flexibility index (Phi) is 11.9. The van der Waals surface area contributed by atoms with E-state index in [1.54, 1.807) is 6.26 Å². The number of carbonyl (C=O) groups excluding carboxylic acids is 3. The van der Waals surface area contributed by atoms with E-state index in [1.165, 1.54) is 25.6 Å². The van der Waals surface area contributed by atoms with Crippen LogP contribution in [0.2, 0.25) is 0 Å². The molecule has 5 atom stereocenters. The van der Waals surface area contributed by atoms with Crippen molar-refractivity contribution in [3.63, 3.8) is 0 Å². The molecule has 8 N–H and O–H groups in total. The first-order chi connectivity index (χ1) is 13.4. The lowest BCUT2D eigenvalue weighted by molar-refractivity contribution is -0.143. The molecule has 0 aliphatic rings. The minimum absolute atomic E-state index is 0.111. The van der Waals surface area contributed by atoms with Crippen LogP contribution in [0.25, 0.3) is 0 Å². The smallest absolute Gasteiger partial charge is 0.326 e. The zero-order chi connectivity index (χ0) is 22.7. The molecule has 29 heavy (non-hydrogen) atoms. The lowest BCUT2D eigenvalue weighted by Gasteiger charge is -2.23. The predicted octanol–water partition coefficient (Wildman–Crippen LogP) is -2.52. The monoisotopic (exact) mass is 436 g/mol. The summed E-state index contributed by atoms with van der Waals surface area (Å²) < 4.78 is 0. The van der Waals surface area contributed by atoms with Crippen LogP contribution in [-0.2, 0) is 24.0 Å². The molecule has 13 heteroatoms. The van der Waals surface area contributed by atoms with Crippen molar-refractivity contribution >= 4 is 41.4 Å². The molecule has 0 saturated carbocycles. The summed E-state index contributed by atoms with van der Waals surface area (Å²) in [5, 5.41) is 34.1.